The van der Waals surface area contributed by atoms with Gasteiger partial charge in [0.05, 0.1) is 19.1 Å². The Kier molecular flexibility index (Phi) is 8.32. The molecule has 0 spiro atoms. The van der Waals surface area contributed by atoms with E-state index < -0.39 is 23.1 Å². The number of carbonyl (C=O) groups excluding carboxylic acids is 2. The van der Waals surface area contributed by atoms with Crippen molar-refractivity contribution in [3.8, 4) is 17.0 Å². The van der Waals surface area contributed by atoms with Crippen LogP contribution in [0.5, 0.6) is 5.88 Å². The first-order valence-corrected chi connectivity index (χ1v) is 14.4. The molecule has 1 aromatic carbocycles. The minimum atomic E-state index is -4.12. The number of hydrogen-bond acceptors (Lipinski definition) is 6. The molecule has 41 heavy (non-hydrogen) atoms. The predicted octanol–water partition coefficient (Wildman–Crippen LogP) is 5.74. The Hall–Kier alpha value is -3.14. The Morgan fingerprint density at radius 1 is 0.976 bits per heavy atom. The van der Waals surface area contributed by atoms with Crippen LogP contribution in [0.15, 0.2) is 42.6 Å². The van der Waals surface area contributed by atoms with Crippen LogP contribution in [0.2, 0.25) is 0 Å². The number of esters is 1. The number of aromatic nitrogens is 1. The number of hydrogen-bond donors (Lipinski definition) is 0. The van der Waals surface area contributed by atoms with Crippen LogP contribution in [-0.4, -0.2) is 78.3 Å². The zero-order valence-electron chi connectivity index (χ0n) is 23.7. The minimum absolute atomic E-state index is 0.118. The lowest BCUT2D eigenvalue weighted by Crippen LogP contribution is -2.53. The zero-order chi connectivity index (χ0) is 29.3. The van der Waals surface area contributed by atoms with Crippen molar-refractivity contribution in [3.05, 3.63) is 48.2 Å². The molecule has 3 heterocycles. The number of carbonyl (C=O) groups is 2. The van der Waals surface area contributed by atoms with Gasteiger partial charge in [0.2, 0.25) is 5.88 Å². The molecule has 2 aromatic rings. The molecule has 2 aliphatic heterocycles. The molecule has 222 valence electrons. The molecule has 0 radical (unpaired) electrons. The van der Waals surface area contributed by atoms with Gasteiger partial charge in [0, 0.05) is 36.5 Å². The SMILES string of the molecule is COC(=O)C1(C)CCCN1C(=O)c1ccc(-c2ccc(OCC3CCN(CC4(C(F)(F)F)CCC4)CC3)nc2)cc1. The van der Waals surface area contributed by atoms with Crippen LogP contribution >= 0.6 is 0 Å². The summed E-state index contributed by atoms with van der Waals surface area (Å²) in [4.78, 5) is 33.5. The van der Waals surface area contributed by atoms with Crippen LogP contribution in [0.4, 0.5) is 13.2 Å². The fourth-order valence-electron chi connectivity index (χ4n) is 6.40. The Balaban J connectivity index is 1.11. The summed E-state index contributed by atoms with van der Waals surface area (Å²) in [5.74, 6) is 0.196. The summed E-state index contributed by atoms with van der Waals surface area (Å²) < 4.78 is 51.4. The van der Waals surface area contributed by atoms with Crippen molar-refractivity contribution in [3.63, 3.8) is 0 Å². The normalized spacial score (nSPS) is 23.2. The number of methoxy groups -OCH3 is 1. The van der Waals surface area contributed by atoms with E-state index in [2.05, 4.69) is 4.98 Å². The fraction of sp³-hybridized carbons (Fsp3) is 0.581. The topological polar surface area (TPSA) is 72.0 Å². The lowest BCUT2D eigenvalue weighted by atomic mass is 9.67. The maximum atomic E-state index is 13.5. The summed E-state index contributed by atoms with van der Waals surface area (Å²) in [6.45, 7) is 4.19. The zero-order valence-corrected chi connectivity index (χ0v) is 23.7. The van der Waals surface area contributed by atoms with E-state index in [4.69, 9.17) is 9.47 Å². The molecule has 0 bridgehead atoms. The first-order valence-electron chi connectivity index (χ1n) is 14.4. The van der Waals surface area contributed by atoms with Gasteiger partial charge in [-0.15, -0.1) is 0 Å². The summed E-state index contributed by atoms with van der Waals surface area (Å²) >= 11 is 0. The van der Waals surface area contributed by atoms with Gasteiger partial charge in [-0.25, -0.2) is 9.78 Å². The summed E-state index contributed by atoms with van der Waals surface area (Å²) in [5, 5.41) is 0. The third-order valence-corrected chi connectivity index (χ3v) is 9.33. The van der Waals surface area contributed by atoms with Gasteiger partial charge in [0.25, 0.3) is 5.91 Å². The van der Waals surface area contributed by atoms with E-state index in [0.29, 0.717) is 50.5 Å². The van der Waals surface area contributed by atoms with Gasteiger partial charge in [-0.3, -0.25) is 4.79 Å². The predicted molar refractivity (Wildman–Crippen MR) is 147 cm³/mol. The average Bonchev–Trinajstić information content (AvgIpc) is 3.36. The Morgan fingerprint density at radius 2 is 1.66 bits per heavy atom. The van der Waals surface area contributed by atoms with Crippen molar-refractivity contribution in [1.29, 1.82) is 0 Å². The number of alkyl halides is 3. The Labute approximate surface area is 239 Å². The number of likely N-dealkylation sites (tertiary alicyclic amines) is 2. The number of pyridine rings is 1. The van der Waals surface area contributed by atoms with Crippen LogP contribution in [0, 0.1) is 11.3 Å². The summed E-state index contributed by atoms with van der Waals surface area (Å²) in [7, 11) is 1.34. The van der Waals surface area contributed by atoms with Crippen LogP contribution < -0.4 is 4.74 Å². The molecule has 7 nitrogen and oxygen atoms in total. The summed E-state index contributed by atoms with van der Waals surface area (Å²) in [6, 6.07) is 10.9. The molecule has 1 aliphatic carbocycles. The highest BCUT2D eigenvalue weighted by molar-refractivity contribution is 5.98. The van der Waals surface area contributed by atoms with Gasteiger partial charge in [-0.05, 0) is 88.2 Å². The molecule has 1 aromatic heterocycles. The lowest BCUT2D eigenvalue weighted by Gasteiger charge is -2.47. The van der Waals surface area contributed by atoms with Gasteiger partial charge < -0.3 is 19.3 Å². The maximum Gasteiger partial charge on any atom is 0.395 e. The molecule has 2 saturated heterocycles. The number of piperidine rings is 1. The lowest BCUT2D eigenvalue weighted by molar-refractivity contribution is -0.256. The number of ether oxygens (including phenoxy) is 2. The van der Waals surface area contributed by atoms with E-state index in [1.807, 2.05) is 23.1 Å². The first-order chi connectivity index (χ1) is 19.5. The monoisotopic (exact) mass is 573 g/mol. The van der Waals surface area contributed by atoms with Crippen LogP contribution in [0.1, 0.15) is 62.2 Å². The van der Waals surface area contributed by atoms with Gasteiger partial charge >= 0.3 is 12.1 Å². The highest BCUT2D eigenvalue weighted by atomic mass is 19.4. The standard InChI is InChI=1S/C31H38F3N3O4/c1-29(28(39)40-2)13-4-16-37(29)27(38)24-7-5-23(6-8-24)25-9-10-26(35-19-25)41-20-22-11-17-36(18-12-22)21-30(14-3-15-30)31(32,33)34/h5-10,19,22H,3-4,11-18,20-21H2,1-2H3. The van der Waals surface area contributed by atoms with Gasteiger partial charge in [-0.1, -0.05) is 18.6 Å². The summed E-state index contributed by atoms with van der Waals surface area (Å²) in [5.41, 5.74) is -0.177. The van der Waals surface area contributed by atoms with Gasteiger partial charge in [-0.2, -0.15) is 13.2 Å². The number of rotatable bonds is 8. The van der Waals surface area contributed by atoms with E-state index in [1.54, 1.807) is 36.2 Å². The molecule has 10 heteroatoms. The van der Waals surface area contributed by atoms with E-state index >= 15 is 0 Å². The average molecular weight is 574 g/mol. The molecule has 1 atom stereocenters. The molecule has 5 rings (SSSR count). The maximum absolute atomic E-state index is 13.5. The quantitative estimate of drug-likeness (QED) is 0.375. The molecule has 1 unspecified atom stereocenters. The molecule has 3 aliphatic rings. The van der Waals surface area contributed by atoms with Crippen molar-refractivity contribution in [2.24, 2.45) is 11.3 Å². The molecular formula is C31H38F3N3O4. The summed E-state index contributed by atoms with van der Waals surface area (Å²) in [6.07, 6.45) is 1.71. The van der Waals surface area contributed by atoms with Crippen molar-refractivity contribution in [2.75, 3.05) is 39.9 Å². The second kappa shape index (κ2) is 11.6. The molecule has 0 N–H and O–H groups in total. The molecule has 1 amide bonds. The van der Waals surface area contributed by atoms with Crippen LogP contribution in [-0.2, 0) is 9.53 Å². The van der Waals surface area contributed by atoms with Crippen LogP contribution in [0.3, 0.4) is 0 Å². The number of amides is 1. The van der Waals surface area contributed by atoms with Crippen molar-refractivity contribution >= 4 is 11.9 Å². The fourth-order valence-corrected chi connectivity index (χ4v) is 6.40. The molecule has 3 fully saturated rings. The Morgan fingerprint density at radius 3 is 2.22 bits per heavy atom. The van der Waals surface area contributed by atoms with Crippen molar-refractivity contribution in [1.82, 2.24) is 14.8 Å². The second-order valence-electron chi connectivity index (χ2n) is 12.0. The van der Waals surface area contributed by atoms with E-state index in [9.17, 15) is 22.8 Å². The third kappa shape index (κ3) is 5.94. The molecular weight excluding hydrogens is 535 g/mol. The van der Waals surface area contributed by atoms with Crippen molar-refractivity contribution < 1.29 is 32.2 Å². The largest absolute Gasteiger partial charge is 0.477 e. The number of benzene rings is 1. The van der Waals surface area contributed by atoms with Gasteiger partial charge in [0.1, 0.15) is 5.54 Å². The number of halogens is 3. The van der Waals surface area contributed by atoms with Gasteiger partial charge in [0.15, 0.2) is 0 Å². The highest BCUT2D eigenvalue weighted by Gasteiger charge is 2.58. The van der Waals surface area contributed by atoms with Crippen molar-refractivity contribution in [2.45, 2.75) is 63.6 Å². The first kappa shape index (κ1) is 29.4. The minimum Gasteiger partial charge on any atom is -0.477 e. The number of nitrogens with zero attached hydrogens (tertiary/aromatic N) is 3. The van der Waals surface area contributed by atoms with E-state index in [0.717, 1.165) is 30.4 Å². The van der Waals surface area contributed by atoms with E-state index in [1.165, 1.54) is 7.11 Å². The van der Waals surface area contributed by atoms with E-state index in [-0.39, 0.29) is 31.2 Å². The highest BCUT2D eigenvalue weighted by Crippen LogP contribution is 2.53. The Bertz CT molecular complexity index is 1220. The van der Waals surface area contributed by atoms with Crippen LogP contribution in [0.25, 0.3) is 11.1 Å². The third-order valence-electron chi connectivity index (χ3n) is 9.33. The molecule has 1 saturated carbocycles. The second-order valence-corrected chi connectivity index (χ2v) is 12.0. The smallest absolute Gasteiger partial charge is 0.395 e.